The largest absolute Gasteiger partial charge is 0.478 e. The summed E-state index contributed by atoms with van der Waals surface area (Å²) in [5, 5.41) is 10.2. The van der Waals surface area contributed by atoms with Gasteiger partial charge in [-0.05, 0) is 43.4 Å². The Kier molecular flexibility index (Phi) is 2.18. The molecule has 1 aromatic heterocycles. The smallest absolute Gasteiger partial charge is 0.335 e. The summed E-state index contributed by atoms with van der Waals surface area (Å²) in [6.45, 7) is 3.05. The lowest BCUT2D eigenvalue weighted by Gasteiger charge is -2.55. The van der Waals surface area contributed by atoms with Crippen LogP contribution < -0.4 is 4.90 Å². The molecule has 1 saturated heterocycles. The van der Waals surface area contributed by atoms with Gasteiger partial charge >= 0.3 is 5.97 Å². The van der Waals surface area contributed by atoms with E-state index in [1.807, 2.05) is 6.92 Å². The number of anilines is 1. The number of hydrogen-bond acceptors (Lipinski definition) is 4. The third kappa shape index (κ3) is 1.51. The van der Waals surface area contributed by atoms with Crippen LogP contribution >= 0.6 is 11.3 Å². The number of hydrogen-bond donors (Lipinski definition) is 1. The Balaban J connectivity index is 1.78. The zero-order valence-corrected chi connectivity index (χ0v) is 11.4. The monoisotopic (exact) mass is 274 g/mol. The van der Waals surface area contributed by atoms with Crippen LogP contribution in [0.15, 0.2) is 12.1 Å². The van der Waals surface area contributed by atoms with Crippen molar-refractivity contribution in [3.63, 3.8) is 0 Å². The molecule has 1 unspecified atom stereocenters. The van der Waals surface area contributed by atoms with Gasteiger partial charge in [0.15, 0.2) is 5.13 Å². The third-order valence-corrected chi connectivity index (χ3v) is 5.42. The first kappa shape index (κ1) is 11.2. The molecule has 0 bridgehead atoms. The molecule has 1 saturated carbocycles. The lowest BCUT2D eigenvalue weighted by Crippen LogP contribution is -2.62. The summed E-state index contributed by atoms with van der Waals surface area (Å²) in [4.78, 5) is 18.2. The van der Waals surface area contributed by atoms with Gasteiger partial charge in [0, 0.05) is 12.6 Å². The number of nitrogens with zero attached hydrogens (tertiary/aromatic N) is 2. The highest BCUT2D eigenvalue weighted by Crippen LogP contribution is 2.46. The number of aromatic nitrogens is 1. The van der Waals surface area contributed by atoms with Gasteiger partial charge in [-0.1, -0.05) is 11.3 Å². The summed E-state index contributed by atoms with van der Waals surface area (Å²) in [5.74, 6) is 0.00523. The zero-order valence-electron chi connectivity index (χ0n) is 10.6. The van der Waals surface area contributed by atoms with Crippen LogP contribution in [0.2, 0.25) is 0 Å². The van der Waals surface area contributed by atoms with E-state index in [0.717, 1.165) is 33.4 Å². The standard InChI is InChI=1S/C14H14N2O2S/c1-7-4-9(13(17)18)5-11-12(7)15-14(19-11)16-6-8-2-3-10(8)16/h4-5,8,10H,2-3,6H2,1H3,(H,17,18)/t8-,10?/m0/s1. The summed E-state index contributed by atoms with van der Waals surface area (Å²) in [6, 6.07) is 4.14. The molecule has 4 rings (SSSR count). The molecule has 1 N–H and O–H groups in total. The molecule has 2 aliphatic rings. The maximum Gasteiger partial charge on any atom is 0.335 e. The number of fused-ring (bicyclic) bond motifs is 2. The molecule has 0 amide bonds. The molecule has 1 aliphatic heterocycles. The van der Waals surface area contributed by atoms with Gasteiger partial charge in [-0.15, -0.1) is 0 Å². The van der Waals surface area contributed by atoms with Crippen LogP contribution in [0.25, 0.3) is 10.2 Å². The van der Waals surface area contributed by atoms with E-state index in [2.05, 4.69) is 4.90 Å². The number of carboxylic acid groups (broad SMARTS) is 1. The van der Waals surface area contributed by atoms with Gasteiger partial charge < -0.3 is 10.0 Å². The topological polar surface area (TPSA) is 53.4 Å². The first-order valence-electron chi connectivity index (χ1n) is 6.54. The Morgan fingerprint density at radius 3 is 2.89 bits per heavy atom. The van der Waals surface area contributed by atoms with Gasteiger partial charge in [0.05, 0.1) is 15.8 Å². The summed E-state index contributed by atoms with van der Waals surface area (Å²) in [5.41, 5.74) is 2.25. The fraction of sp³-hybridized carbons (Fsp3) is 0.429. The van der Waals surface area contributed by atoms with E-state index in [9.17, 15) is 4.79 Å². The van der Waals surface area contributed by atoms with Gasteiger partial charge in [0.25, 0.3) is 0 Å². The summed E-state index contributed by atoms with van der Waals surface area (Å²) in [7, 11) is 0. The van der Waals surface area contributed by atoms with E-state index in [4.69, 9.17) is 10.1 Å². The average Bonchev–Trinajstić information content (AvgIpc) is 2.76. The van der Waals surface area contributed by atoms with Crippen molar-refractivity contribution in [1.82, 2.24) is 4.98 Å². The van der Waals surface area contributed by atoms with Crippen molar-refractivity contribution < 1.29 is 9.90 Å². The Morgan fingerprint density at radius 1 is 1.47 bits per heavy atom. The quantitative estimate of drug-likeness (QED) is 0.915. The van der Waals surface area contributed by atoms with Crippen LogP contribution in [0, 0.1) is 12.8 Å². The Hall–Kier alpha value is -1.62. The third-order valence-electron chi connectivity index (χ3n) is 4.38. The lowest BCUT2D eigenvalue weighted by molar-refractivity contribution is 0.0697. The second-order valence-electron chi connectivity index (χ2n) is 5.50. The molecule has 2 aromatic rings. The number of benzene rings is 1. The summed E-state index contributed by atoms with van der Waals surface area (Å²) in [6.07, 6.45) is 2.63. The van der Waals surface area contributed by atoms with E-state index in [1.54, 1.807) is 23.5 Å². The van der Waals surface area contributed by atoms with Crippen molar-refractivity contribution in [2.24, 2.45) is 5.92 Å². The highest BCUT2D eigenvalue weighted by molar-refractivity contribution is 7.22. The first-order chi connectivity index (χ1) is 9.13. The predicted octanol–water partition coefficient (Wildman–Crippen LogP) is 2.90. The van der Waals surface area contributed by atoms with Crippen LogP contribution in [0.1, 0.15) is 28.8 Å². The Labute approximate surface area is 114 Å². The fourth-order valence-corrected chi connectivity index (χ4v) is 4.23. The van der Waals surface area contributed by atoms with Crippen LogP contribution in [0.3, 0.4) is 0 Å². The summed E-state index contributed by atoms with van der Waals surface area (Å²) < 4.78 is 0.982. The molecule has 2 fully saturated rings. The molecule has 5 heteroatoms. The first-order valence-corrected chi connectivity index (χ1v) is 7.36. The maximum absolute atomic E-state index is 11.1. The number of aromatic carboxylic acids is 1. The number of piperidine rings is 1. The normalized spacial score (nSPS) is 24.8. The van der Waals surface area contributed by atoms with Crippen LogP contribution in [0.4, 0.5) is 5.13 Å². The van der Waals surface area contributed by atoms with Gasteiger partial charge in [0.1, 0.15) is 0 Å². The number of aryl methyl sites for hydroxylation is 1. The lowest BCUT2D eigenvalue weighted by atomic mass is 9.72. The van der Waals surface area contributed by atoms with Gasteiger partial charge in [-0.2, -0.15) is 0 Å². The van der Waals surface area contributed by atoms with Crippen LogP contribution in [0.5, 0.6) is 0 Å². The number of carboxylic acids is 1. The Bertz CT molecular complexity index is 694. The van der Waals surface area contributed by atoms with Crippen molar-refractivity contribution in [1.29, 1.82) is 0 Å². The van der Waals surface area contributed by atoms with Crippen molar-refractivity contribution in [3.8, 4) is 0 Å². The molecule has 1 aliphatic carbocycles. The van der Waals surface area contributed by atoms with E-state index < -0.39 is 5.97 Å². The molecule has 2 heterocycles. The highest BCUT2D eigenvalue weighted by atomic mass is 32.1. The minimum Gasteiger partial charge on any atom is -0.478 e. The number of thiazole rings is 1. The average molecular weight is 274 g/mol. The van der Waals surface area contributed by atoms with E-state index in [-0.39, 0.29) is 0 Å². The minimum absolute atomic E-state index is 0.352. The van der Waals surface area contributed by atoms with Gasteiger partial charge in [-0.25, -0.2) is 9.78 Å². The van der Waals surface area contributed by atoms with Crippen molar-refractivity contribution in [2.75, 3.05) is 11.4 Å². The zero-order chi connectivity index (χ0) is 13.1. The molecule has 4 nitrogen and oxygen atoms in total. The molecule has 98 valence electrons. The number of rotatable bonds is 2. The molecular weight excluding hydrogens is 260 g/mol. The number of carbonyl (C=O) groups is 1. The van der Waals surface area contributed by atoms with Crippen LogP contribution in [-0.2, 0) is 0 Å². The molecule has 0 spiro atoms. The molecule has 1 aromatic carbocycles. The van der Waals surface area contributed by atoms with Crippen molar-refractivity contribution >= 4 is 32.7 Å². The van der Waals surface area contributed by atoms with E-state index >= 15 is 0 Å². The molecular formula is C14H14N2O2S. The van der Waals surface area contributed by atoms with Crippen molar-refractivity contribution in [3.05, 3.63) is 23.3 Å². The highest BCUT2D eigenvalue weighted by Gasteiger charge is 2.46. The maximum atomic E-state index is 11.1. The van der Waals surface area contributed by atoms with E-state index in [1.165, 1.54) is 12.8 Å². The fourth-order valence-electron chi connectivity index (χ4n) is 3.08. The van der Waals surface area contributed by atoms with E-state index in [0.29, 0.717) is 11.6 Å². The van der Waals surface area contributed by atoms with Crippen molar-refractivity contribution in [2.45, 2.75) is 25.8 Å². The Morgan fingerprint density at radius 2 is 2.32 bits per heavy atom. The van der Waals surface area contributed by atoms with Crippen LogP contribution in [-0.4, -0.2) is 28.6 Å². The predicted molar refractivity (Wildman–Crippen MR) is 75.2 cm³/mol. The SMILES string of the molecule is Cc1cc(C(=O)O)cc2sc(N3C[C@@H]4CCC43)nc12. The summed E-state index contributed by atoms with van der Waals surface area (Å²) >= 11 is 1.62. The molecule has 2 atom stereocenters. The molecule has 19 heavy (non-hydrogen) atoms. The van der Waals surface area contributed by atoms with Gasteiger partial charge in [0.2, 0.25) is 0 Å². The second-order valence-corrected chi connectivity index (χ2v) is 6.51. The second kappa shape index (κ2) is 3.70. The van der Waals surface area contributed by atoms with Gasteiger partial charge in [-0.3, -0.25) is 0 Å². The molecule has 0 radical (unpaired) electrons. The minimum atomic E-state index is -0.872.